The normalized spacial score (nSPS) is 20.9. The van der Waals surface area contributed by atoms with Crippen LogP contribution in [-0.2, 0) is 9.53 Å². The van der Waals surface area contributed by atoms with Crippen LogP contribution in [0.3, 0.4) is 0 Å². The number of urea groups is 1. The summed E-state index contributed by atoms with van der Waals surface area (Å²) in [6, 6.07) is 3.82. The molecule has 3 aliphatic heterocycles. The molecule has 5 rings (SSSR count). The summed E-state index contributed by atoms with van der Waals surface area (Å²) in [4.78, 5) is 36.1. The van der Waals surface area contributed by atoms with Crippen molar-refractivity contribution in [2.45, 2.75) is 19.3 Å². The molecule has 3 aliphatic rings. The first-order chi connectivity index (χ1) is 15.5. The Balaban J connectivity index is 1.32. The van der Waals surface area contributed by atoms with E-state index in [4.69, 9.17) is 9.47 Å². The number of morpholine rings is 1. The predicted octanol–water partition coefficient (Wildman–Crippen LogP) is 2.62. The Bertz CT molecular complexity index is 1030. The van der Waals surface area contributed by atoms with Crippen molar-refractivity contribution in [2.75, 3.05) is 70.3 Å². The van der Waals surface area contributed by atoms with Crippen LogP contribution in [0.5, 0.6) is 5.75 Å². The number of likely N-dealkylation sites (tertiary alicyclic amines) is 2. The maximum absolute atomic E-state index is 13.0. The van der Waals surface area contributed by atoms with Crippen LogP contribution in [0.25, 0.3) is 10.2 Å². The van der Waals surface area contributed by atoms with Crippen molar-refractivity contribution in [3.8, 4) is 5.75 Å². The second kappa shape index (κ2) is 8.40. The van der Waals surface area contributed by atoms with E-state index >= 15 is 0 Å². The number of nitrogens with zero attached hydrogens (tertiary/aromatic N) is 4. The Kier molecular flexibility index (Phi) is 5.58. The summed E-state index contributed by atoms with van der Waals surface area (Å²) in [6.07, 6.45) is 2.33. The minimum Gasteiger partial charge on any atom is -0.494 e. The van der Waals surface area contributed by atoms with Crippen LogP contribution in [0.1, 0.15) is 19.3 Å². The fraction of sp³-hybridized carbons (Fsp3) is 0.591. The zero-order chi connectivity index (χ0) is 22.3. The van der Waals surface area contributed by atoms with Gasteiger partial charge in [-0.05, 0) is 31.4 Å². The number of carbonyl (C=O) groups excluding carboxylic acids is 2. The van der Waals surface area contributed by atoms with Gasteiger partial charge in [-0.2, -0.15) is 0 Å². The largest absolute Gasteiger partial charge is 0.494 e. The fourth-order valence-electron chi connectivity index (χ4n) is 5.01. The number of nitrogens with one attached hydrogen (secondary N) is 1. The lowest BCUT2D eigenvalue weighted by molar-refractivity contribution is -0.136. The fourth-order valence-corrected chi connectivity index (χ4v) is 6.02. The summed E-state index contributed by atoms with van der Waals surface area (Å²) < 4.78 is 12.0. The van der Waals surface area contributed by atoms with E-state index < -0.39 is 0 Å². The molecule has 172 valence electrons. The molecule has 32 heavy (non-hydrogen) atoms. The van der Waals surface area contributed by atoms with E-state index in [1.54, 1.807) is 12.0 Å². The Morgan fingerprint density at radius 1 is 1.16 bits per heavy atom. The number of ether oxygens (including phenoxy) is 2. The smallest absolute Gasteiger partial charge is 0.323 e. The third-order valence-corrected chi connectivity index (χ3v) is 8.00. The number of piperidine rings is 1. The molecule has 3 fully saturated rings. The number of methoxy groups -OCH3 is 1. The highest BCUT2D eigenvalue weighted by Gasteiger charge is 2.47. The van der Waals surface area contributed by atoms with Crippen LogP contribution in [-0.4, -0.2) is 86.8 Å². The highest BCUT2D eigenvalue weighted by molar-refractivity contribution is 7.23. The van der Waals surface area contributed by atoms with E-state index in [0.717, 1.165) is 54.8 Å². The standard InChI is InChI=1S/C22H29N5O4S/c1-25-8-5-22(19(25)28)6-9-27(10-7-22)21(29)24-20-23-17-16(30-2)4-3-15(18(17)32-20)26-11-13-31-14-12-26/h3-4H,5-14H2,1-2H3,(H,23,24,29). The van der Waals surface area contributed by atoms with Crippen LogP contribution < -0.4 is 15.0 Å². The zero-order valence-electron chi connectivity index (χ0n) is 18.6. The minimum atomic E-state index is -0.276. The van der Waals surface area contributed by atoms with Gasteiger partial charge in [-0.25, -0.2) is 9.78 Å². The van der Waals surface area contributed by atoms with Gasteiger partial charge in [0.05, 0.1) is 36.1 Å². The van der Waals surface area contributed by atoms with Crippen LogP contribution in [0.15, 0.2) is 12.1 Å². The molecule has 1 aromatic carbocycles. The van der Waals surface area contributed by atoms with E-state index in [1.165, 1.54) is 11.3 Å². The minimum absolute atomic E-state index is 0.162. The lowest BCUT2D eigenvalue weighted by Crippen LogP contribution is -2.47. The Labute approximate surface area is 191 Å². The number of amides is 3. The second-order valence-electron chi connectivity index (χ2n) is 8.76. The van der Waals surface area contributed by atoms with Gasteiger partial charge >= 0.3 is 6.03 Å². The zero-order valence-corrected chi connectivity index (χ0v) is 19.4. The van der Waals surface area contributed by atoms with Gasteiger partial charge in [-0.15, -0.1) is 0 Å². The molecule has 0 radical (unpaired) electrons. The molecule has 10 heteroatoms. The number of fused-ring (bicyclic) bond motifs is 1. The van der Waals surface area contributed by atoms with Gasteiger partial charge in [0.25, 0.3) is 0 Å². The van der Waals surface area contributed by atoms with Crippen molar-refractivity contribution in [3.63, 3.8) is 0 Å². The van der Waals surface area contributed by atoms with E-state index in [0.29, 0.717) is 37.2 Å². The number of aromatic nitrogens is 1. The molecule has 0 aliphatic carbocycles. The monoisotopic (exact) mass is 459 g/mol. The topological polar surface area (TPSA) is 87.2 Å². The van der Waals surface area contributed by atoms with E-state index in [-0.39, 0.29) is 17.4 Å². The molecule has 3 saturated heterocycles. The van der Waals surface area contributed by atoms with Crippen molar-refractivity contribution in [3.05, 3.63) is 12.1 Å². The number of carbonyl (C=O) groups is 2. The average molecular weight is 460 g/mol. The lowest BCUT2D eigenvalue weighted by Gasteiger charge is -2.37. The number of anilines is 2. The van der Waals surface area contributed by atoms with Crippen LogP contribution in [0.2, 0.25) is 0 Å². The summed E-state index contributed by atoms with van der Waals surface area (Å²) >= 11 is 1.47. The van der Waals surface area contributed by atoms with Crippen molar-refractivity contribution < 1.29 is 19.1 Å². The van der Waals surface area contributed by atoms with Gasteiger partial charge in [0, 0.05) is 39.8 Å². The van der Waals surface area contributed by atoms with Gasteiger partial charge < -0.3 is 24.2 Å². The molecule has 1 spiro atoms. The van der Waals surface area contributed by atoms with Crippen LogP contribution in [0, 0.1) is 5.41 Å². The van der Waals surface area contributed by atoms with E-state index in [9.17, 15) is 9.59 Å². The Morgan fingerprint density at radius 3 is 2.53 bits per heavy atom. The molecule has 9 nitrogen and oxygen atoms in total. The molecular weight excluding hydrogens is 430 g/mol. The van der Waals surface area contributed by atoms with Crippen LogP contribution >= 0.6 is 11.3 Å². The number of benzene rings is 1. The van der Waals surface area contributed by atoms with Crippen LogP contribution in [0.4, 0.5) is 15.6 Å². The summed E-state index contributed by atoms with van der Waals surface area (Å²) in [7, 11) is 3.49. The third-order valence-electron chi connectivity index (χ3n) is 7.01. The van der Waals surface area contributed by atoms with Gasteiger partial charge in [0.2, 0.25) is 5.91 Å². The molecular formula is C22H29N5O4S. The molecule has 1 N–H and O–H groups in total. The highest BCUT2D eigenvalue weighted by Crippen LogP contribution is 2.42. The maximum atomic E-state index is 13.0. The van der Waals surface area contributed by atoms with Crippen molar-refractivity contribution >= 4 is 44.3 Å². The first kappa shape index (κ1) is 21.3. The summed E-state index contributed by atoms with van der Waals surface area (Å²) in [5.41, 5.74) is 1.57. The first-order valence-corrected chi connectivity index (χ1v) is 11.9. The molecule has 2 aromatic rings. The van der Waals surface area contributed by atoms with E-state index in [1.807, 2.05) is 18.0 Å². The SMILES string of the molecule is COc1ccc(N2CCOCC2)c2sc(NC(=O)N3CCC4(CCN(C)C4=O)CC3)nc12. The van der Waals surface area contributed by atoms with Crippen molar-refractivity contribution in [1.82, 2.24) is 14.8 Å². The van der Waals surface area contributed by atoms with Crippen molar-refractivity contribution in [2.24, 2.45) is 5.41 Å². The number of rotatable bonds is 3. The molecule has 0 unspecified atom stereocenters. The number of thiazole rings is 1. The summed E-state index contributed by atoms with van der Waals surface area (Å²) in [6.45, 7) is 5.02. The van der Waals surface area contributed by atoms with Gasteiger partial charge in [0.1, 0.15) is 11.3 Å². The third kappa shape index (κ3) is 3.65. The summed E-state index contributed by atoms with van der Waals surface area (Å²) in [5.74, 6) is 0.920. The molecule has 0 bridgehead atoms. The molecule has 3 amide bonds. The van der Waals surface area contributed by atoms with Gasteiger partial charge in [-0.3, -0.25) is 10.1 Å². The summed E-state index contributed by atoms with van der Waals surface area (Å²) in [5, 5.41) is 3.54. The van der Waals surface area contributed by atoms with Gasteiger partial charge in [0.15, 0.2) is 5.13 Å². The number of hydrogen-bond donors (Lipinski definition) is 1. The van der Waals surface area contributed by atoms with E-state index in [2.05, 4.69) is 21.3 Å². The second-order valence-corrected chi connectivity index (χ2v) is 9.76. The quantitative estimate of drug-likeness (QED) is 0.759. The van der Waals surface area contributed by atoms with Gasteiger partial charge in [-0.1, -0.05) is 11.3 Å². The van der Waals surface area contributed by atoms with Crippen molar-refractivity contribution in [1.29, 1.82) is 0 Å². The first-order valence-electron chi connectivity index (χ1n) is 11.1. The number of hydrogen-bond acceptors (Lipinski definition) is 7. The predicted molar refractivity (Wildman–Crippen MR) is 124 cm³/mol. The Morgan fingerprint density at radius 2 is 1.88 bits per heavy atom. The molecule has 0 atom stereocenters. The Hall–Kier alpha value is -2.59. The molecule has 4 heterocycles. The molecule has 0 saturated carbocycles. The highest BCUT2D eigenvalue weighted by atomic mass is 32.1. The molecule has 1 aromatic heterocycles. The maximum Gasteiger partial charge on any atom is 0.323 e. The average Bonchev–Trinajstić information content (AvgIpc) is 3.36. The lowest BCUT2D eigenvalue weighted by atomic mass is 9.77.